The average molecular weight is 317 g/mol. The van der Waals surface area contributed by atoms with E-state index in [1.165, 1.54) is 0 Å². The van der Waals surface area contributed by atoms with Gasteiger partial charge in [-0.15, -0.1) is 11.3 Å². The second-order valence-electron chi connectivity index (χ2n) is 3.67. The highest BCUT2D eigenvalue weighted by atomic mass is 79.9. The summed E-state index contributed by atoms with van der Waals surface area (Å²) in [5.41, 5.74) is 8.40. The SMILES string of the molecule is Cc1cc(Cl)cc(C(N)c2sccc2Br)c1. The number of hydrogen-bond donors (Lipinski definition) is 1. The first-order valence-corrected chi connectivity index (χ1v) is 6.88. The van der Waals surface area contributed by atoms with E-state index < -0.39 is 0 Å². The molecule has 16 heavy (non-hydrogen) atoms. The molecular formula is C12H11BrClNS. The zero-order chi connectivity index (χ0) is 11.7. The van der Waals surface area contributed by atoms with Gasteiger partial charge in [-0.2, -0.15) is 0 Å². The molecule has 2 rings (SSSR count). The molecule has 0 fully saturated rings. The second-order valence-corrected chi connectivity index (χ2v) is 5.91. The zero-order valence-corrected chi connectivity index (χ0v) is 11.9. The first-order valence-electron chi connectivity index (χ1n) is 4.83. The molecule has 0 radical (unpaired) electrons. The van der Waals surface area contributed by atoms with Crippen LogP contribution >= 0.6 is 38.9 Å². The molecule has 0 aliphatic carbocycles. The third-order valence-corrected chi connectivity index (χ3v) is 4.52. The van der Waals surface area contributed by atoms with Gasteiger partial charge in [0.2, 0.25) is 0 Å². The van der Waals surface area contributed by atoms with Crippen molar-refractivity contribution in [2.24, 2.45) is 5.73 Å². The Morgan fingerprint density at radius 3 is 2.69 bits per heavy atom. The van der Waals surface area contributed by atoms with Crippen LogP contribution in [0.1, 0.15) is 22.0 Å². The Bertz CT molecular complexity index is 489. The lowest BCUT2D eigenvalue weighted by Crippen LogP contribution is -2.10. The van der Waals surface area contributed by atoms with E-state index in [0.717, 1.165) is 25.5 Å². The molecule has 0 saturated heterocycles. The maximum Gasteiger partial charge on any atom is 0.0658 e. The van der Waals surface area contributed by atoms with Crippen molar-refractivity contribution in [3.63, 3.8) is 0 Å². The fraction of sp³-hybridized carbons (Fsp3) is 0.167. The Balaban J connectivity index is 2.41. The molecule has 84 valence electrons. The van der Waals surface area contributed by atoms with E-state index in [9.17, 15) is 0 Å². The van der Waals surface area contributed by atoms with Crippen LogP contribution in [-0.2, 0) is 0 Å². The van der Waals surface area contributed by atoms with E-state index in [4.69, 9.17) is 17.3 Å². The Morgan fingerprint density at radius 2 is 2.12 bits per heavy atom. The van der Waals surface area contributed by atoms with Gasteiger partial charge < -0.3 is 5.73 Å². The van der Waals surface area contributed by atoms with E-state index >= 15 is 0 Å². The largest absolute Gasteiger partial charge is 0.320 e. The van der Waals surface area contributed by atoms with Crippen molar-refractivity contribution in [2.75, 3.05) is 0 Å². The van der Waals surface area contributed by atoms with E-state index in [1.54, 1.807) is 11.3 Å². The van der Waals surface area contributed by atoms with Crippen LogP contribution in [0.25, 0.3) is 0 Å². The zero-order valence-electron chi connectivity index (χ0n) is 8.71. The Labute approximate surface area is 112 Å². The molecule has 0 saturated carbocycles. The molecule has 1 atom stereocenters. The molecular weight excluding hydrogens is 306 g/mol. The topological polar surface area (TPSA) is 26.0 Å². The summed E-state index contributed by atoms with van der Waals surface area (Å²) in [6.45, 7) is 2.02. The number of hydrogen-bond acceptors (Lipinski definition) is 2. The minimum atomic E-state index is -0.119. The molecule has 0 aliphatic heterocycles. The smallest absolute Gasteiger partial charge is 0.0658 e. The summed E-state index contributed by atoms with van der Waals surface area (Å²) in [5.74, 6) is 0. The van der Waals surface area contributed by atoms with Crippen molar-refractivity contribution in [1.82, 2.24) is 0 Å². The van der Waals surface area contributed by atoms with Crippen molar-refractivity contribution in [2.45, 2.75) is 13.0 Å². The van der Waals surface area contributed by atoms with E-state index in [1.807, 2.05) is 30.5 Å². The number of benzene rings is 1. The van der Waals surface area contributed by atoms with Gasteiger partial charge in [-0.1, -0.05) is 17.7 Å². The Kier molecular flexibility index (Phi) is 3.70. The summed E-state index contributed by atoms with van der Waals surface area (Å²) in [5, 5.41) is 2.76. The van der Waals surface area contributed by atoms with Crippen molar-refractivity contribution in [3.05, 3.63) is 55.1 Å². The molecule has 1 unspecified atom stereocenters. The molecule has 0 bridgehead atoms. The number of rotatable bonds is 2. The molecule has 2 aromatic rings. The van der Waals surface area contributed by atoms with Gasteiger partial charge in [0.05, 0.1) is 6.04 Å². The van der Waals surface area contributed by atoms with Crippen LogP contribution in [0.4, 0.5) is 0 Å². The van der Waals surface area contributed by atoms with Crippen LogP contribution < -0.4 is 5.73 Å². The number of thiophene rings is 1. The molecule has 1 heterocycles. The van der Waals surface area contributed by atoms with Gasteiger partial charge >= 0.3 is 0 Å². The van der Waals surface area contributed by atoms with Crippen LogP contribution in [0.5, 0.6) is 0 Å². The second kappa shape index (κ2) is 4.88. The summed E-state index contributed by atoms with van der Waals surface area (Å²) in [4.78, 5) is 1.13. The quantitative estimate of drug-likeness (QED) is 0.866. The molecule has 2 N–H and O–H groups in total. The fourth-order valence-corrected chi connectivity index (χ4v) is 3.57. The molecule has 1 nitrogen and oxygen atoms in total. The third kappa shape index (κ3) is 2.48. The third-order valence-electron chi connectivity index (χ3n) is 2.35. The van der Waals surface area contributed by atoms with Crippen molar-refractivity contribution in [3.8, 4) is 0 Å². The fourth-order valence-electron chi connectivity index (χ4n) is 1.62. The van der Waals surface area contributed by atoms with Crippen molar-refractivity contribution >= 4 is 38.9 Å². The molecule has 4 heteroatoms. The molecule has 1 aromatic carbocycles. The maximum atomic E-state index is 6.22. The van der Waals surface area contributed by atoms with Gasteiger partial charge in [-0.05, 0) is 57.6 Å². The predicted molar refractivity (Wildman–Crippen MR) is 74.2 cm³/mol. The van der Waals surface area contributed by atoms with Crippen LogP contribution in [0, 0.1) is 6.92 Å². The van der Waals surface area contributed by atoms with Gasteiger partial charge in [-0.25, -0.2) is 0 Å². The molecule has 0 amide bonds. The highest BCUT2D eigenvalue weighted by Gasteiger charge is 2.14. The van der Waals surface area contributed by atoms with Gasteiger partial charge in [-0.3, -0.25) is 0 Å². The highest BCUT2D eigenvalue weighted by Crippen LogP contribution is 2.32. The standard InChI is InChI=1S/C12H11BrClNS/c1-7-4-8(6-9(14)5-7)11(15)12-10(13)2-3-16-12/h2-6,11H,15H2,1H3. The van der Waals surface area contributed by atoms with E-state index in [-0.39, 0.29) is 6.04 Å². The van der Waals surface area contributed by atoms with Crippen LogP contribution in [0.3, 0.4) is 0 Å². The molecule has 1 aromatic heterocycles. The number of halogens is 2. The normalized spacial score (nSPS) is 12.8. The lowest BCUT2D eigenvalue weighted by molar-refractivity contribution is 0.887. The van der Waals surface area contributed by atoms with Crippen molar-refractivity contribution < 1.29 is 0 Å². The number of aryl methyl sites for hydroxylation is 1. The molecule has 0 aliphatic rings. The summed E-state index contributed by atoms with van der Waals surface area (Å²) in [7, 11) is 0. The summed E-state index contributed by atoms with van der Waals surface area (Å²) < 4.78 is 1.06. The summed E-state index contributed by atoms with van der Waals surface area (Å²) in [6, 6.07) is 7.82. The Morgan fingerprint density at radius 1 is 1.38 bits per heavy atom. The summed E-state index contributed by atoms with van der Waals surface area (Å²) >= 11 is 11.2. The lowest BCUT2D eigenvalue weighted by Gasteiger charge is -2.12. The van der Waals surface area contributed by atoms with Gasteiger partial charge in [0.25, 0.3) is 0 Å². The summed E-state index contributed by atoms with van der Waals surface area (Å²) in [6.07, 6.45) is 0. The minimum absolute atomic E-state index is 0.119. The van der Waals surface area contributed by atoms with Crippen LogP contribution in [-0.4, -0.2) is 0 Å². The van der Waals surface area contributed by atoms with Gasteiger partial charge in [0.1, 0.15) is 0 Å². The average Bonchev–Trinajstić information content (AvgIpc) is 2.62. The van der Waals surface area contributed by atoms with Crippen molar-refractivity contribution in [1.29, 1.82) is 0 Å². The lowest BCUT2D eigenvalue weighted by atomic mass is 10.0. The maximum absolute atomic E-state index is 6.22. The predicted octanol–water partition coefficient (Wildman–Crippen LogP) is 4.52. The first kappa shape index (κ1) is 12.1. The number of nitrogens with two attached hydrogens (primary N) is 1. The minimum Gasteiger partial charge on any atom is -0.320 e. The van der Waals surface area contributed by atoms with E-state index in [2.05, 4.69) is 22.0 Å². The molecule has 0 spiro atoms. The van der Waals surface area contributed by atoms with Gasteiger partial charge in [0, 0.05) is 14.4 Å². The first-order chi connectivity index (χ1) is 7.58. The van der Waals surface area contributed by atoms with Gasteiger partial charge in [0.15, 0.2) is 0 Å². The van der Waals surface area contributed by atoms with Crippen LogP contribution in [0.15, 0.2) is 34.1 Å². The highest BCUT2D eigenvalue weighted by molar-refractivity contribution is 9.10. The van der Waals surface area contributed by atoms with Crippen LogP contribution in [0.2, 0.25) is 5.02 Å². The Hall–Kier alpha value is -0.350. The van der Waals surface area contributed by atoms with E-state index in [0.29, 0.717) is 0 Å². The monoisotopic (exact) mass is 315 g/mol.